The summed E-state index contributed by atoms with van der Waals surface area (Å²) in [7, 11) is 0. The van der Waals surface area contributed by atoms with E-state index in [1.54, 1.807) is 0 Å². The number of carboxylic acid groups (broad SMARTS) is 2. The van der Waals surface area contributed by atoms with Gasteiger partial charge in [-0.2, -0.15) is 0 Å². The summed E-state index contributed by atoms with van der Waals surface area (Å²) in [6.07, 6.45) is 0.315. The Bertz CT molecular complexity index is 469. The largest absolute Gasteiger partial charge is 0.481 e. The first-order chi connectivity index (χ1) is 8.50. The number of carbonyl (C=O) groups is 3. The molecule has 0 spiro atoms. The van der Waals surface area contributed by atoms with Gasteiger partial charge in [0.15, 0.2) is 0 Å². The van der Waals surface area contributed by atoms with E-state index in [0.717, 1.165) is 0 Å². The molecule has 0 bridgehead atoms. The van der Waals surface area contributed by atoms with Crippen LogP contribution in [0.5, 0.6) is 0 Å². The third kappa shape index (κ3) is 4.25. The van der Waals surface area contributed by atoms with Crippen LogP contribution in [0.25, 0.3) is 0 Å². The number of rotatable bonds is 6. The fourth-order valence-electron chi connectivity index (χ4n) is 1.34. The summed E-state index contributed by atoms with van der Waals surface area (Å²) in [4.78, 5) is 32.6. The molecule has 3 N–H and O–H groups in total. The quantitative estimate of drug-likeness (QED) is 0.654. The average Bonchev–Trinajstić information content (AvgIpc) is 2.34. The van der Waals surface area contributed by atoms with E-state index < -0.39 is 17.8 Å². The van der Waals surface area contributed by atoms with E-state index in [2.05, 4.69) is 5.32 Å². The fourth-order valence-corrected chi connectivity index (χ4v) is 1.34. The number of hydrogen-bond acceptors (Lipinski definition) is 3. The topological polar surface area (TPSA) is 104 Å². The van der Waals surface area contributed by atoms with E-state index in [-0.39, 0.29) is 24.1 Å². The van der Waals surface area contributed by atoms with Gasteiger partial charge in [-0.25, -0.2) is 4.79 Å². The van der Waals surface area contributed by atoms with Crippen molar-refractivity contribution < 1.29 is 24.6 Å². The maximum Gasteiger partial charge on any atom is 0.335 e. The van der Waals surface area contributed by atoms with Crippen LogP contribution in [0, 0.1) is 0 Å². The molecule has 0 radical (unpaired) electrons. The van der Waals surface area contributed by atoms with Crippen molar-refractivity contribution in [2.75, 3.05) is 6.54 Å². The van der Waals surface area contributed by atoms with Crippen LogP contribution in [0.4, 0.5) is 0 Å². The minimum atomic E-state index is -1.10. The molecule has 0 aliphatic carbocycles. The minimum Gasteiger partial charge on any atom is -0.481 e. The van der Waals surface area contributed by atoms with E-state index in [9.17, 15) is 14.4 Å². The zero-order chi connectivity index (χ0) is 13.5. The van der Waals surface area contributed by atoms with Gasteiger partial charge in [0.05, 0.1) is 5.56 Å². The highest BCUT2D eigenvalue weighted by atomic mass is 16.4. The van der Waals surface area contributed by atoms with Crippen molar-refractivity contribution in [3.63, 3.8) is 0 Å². The van der Waals surface area contributed by atoms with E-state index in [1.165, 1.54) is 24.3 Å². The summed E-state index contributed by atoms with van der Waals surface area (Å²) in [6.45, 7) is 0.239. The second-order valence-corrected chi connectivity index (χ2v) is 3.64. The van der Waals surface area contributed by atoms with Crippen molar-refractivity contribution in [2.45, 2.75) is 12.8 Å². The lowest BCUT2D eigenvalue weighted by Gasteiger charge is -2.04. The lowest BCUT2D eigenvalue weighted by molar-refractivity contribution is -0.137. The lowest BCUT2D eigenvalue weighted by atomic mass is 10.1. The van der Waals surface area contributed by atoms with Crippen LogP contribution in [0.1, 0.15) is 33.6 Å². The zero-order valence-electron chi connectivity index (χ0n) is 9.55. The SMILES string of the molecule is O=C(O)CCCNC(=O)c1cccc(C(=O)O)c1. The highest BCUT2D eigenvalue weighted by Crippen LogP contribution is 2.05. The summed E-state index contributed by atoms with van der Waals surface area (Å²) >= 11 is 0. The summed E-state index contributed by atoms with van der Waals surface area (Å²) in [5, 5.41) is 19.7. The number of aromatic carboxylic acids is 1. The first-order valence-electron chi connectivity index (χ1n) is 5.34. The second kappa shape index (κ2) is 6.39. The van der Waals surface area contributed by atoms with Gasteiger partial charge in [0.2, 0.25) is 0 Å². The van der Waals surface area contributed by atoms with Crippen molar-refractivity contribution in [1.29, 1.82) is 0 Å². The van der Waals surface area contributed by atoms with Crippen molar-refractivity contribution in [3.05, 3.63) is 35.4 Å². The number of hydrogen-bond donors (Lipinski definition) is 3. The molecule has 6 heteroatoms. The highest BCUT2D eigenvalue weighted by Gasteiger charge is 2.09. The first kappa shape index (κ1) is 13.7. The smallest absolute Gasteiger partial charge is 0.335 e. The Morgan fingerprint density at radius 2 is 1.78 bits per heavy atom. The third-order valence-corrected chi connectivity index (χ3v) is 2.22. The van der Waals surface area contributed by atoms with Crippen LogP contribution in [0.15, 0.2) is 24.3 Å². The summed E-state index contributed by atoms with van der Waals surface area (Å²) in [6, 6.07) is 5.65. The summed E-state index contributed by atoms with van der Waals surface area (Å²) < 4.78 is 0. The number of benzene rings is 1. The molecule has 18 heavy (non-hydrogen) atoms. The molecule has 0 aliphatic rings. The molecule has 0 fully saturated rings. The van der Waals surface area contributed by atoms with Gasteiger partial charge in [-0.05, 0) is 24.6 Å². The monoisotopic (exact) mass is 251 g/mol. The zero-order valence-corrected chi connectivity index (χ0v) is 9.55. The summed E-state index contributed by atoms with van der Waals surface area (Å²) in [5.41, 5.74) is 0.276. The van der Waals surface area contributed by atoms with Crippen molar-refractivity contribution in [3.8, 4) is 0 Å². The van der Waals surface area contributed by atoms with Crippen LogP contribution in [-0.4, -0.2) is 34.6 Å². The molecule has 1 aromatic rings. The van der Waals surface area contributed by atoms with Crippen molar-refractivity contribution in [1.82, 2.24) is 5.32 Å². The van der Waals surface area contributed by atoms with Crippen LogP contribution < -0.4 is 5.32 Å². The van der Waals surface area contributed by atoms with Gasteiger partial charge in [0, 0.05) is 18.5 Å². The molecule has 1 aromatic carbocycles. The Balaban J connectivity index is 2.53. The molecule has 96 valence electrons. The van der Waals surface area contributed by atoms with Gasteiger partial charge in [-0.15, -0.1) is 0 Å². The number of carbonyl (C=O) groups excluding carboxylic acids is 1. The first-order valence-corrected chi connectivity index (χ1v) is 5.34. The predicted molar refractivity (Wildman–Crippen MR) is 62.6 cm³/mol. The fraction of sp³-hybridized carbons (Fsp3) is 0.250. The van der Waals surface area contributed by atoms with E-state index in [0.29, 0.717) is 6.42 Å². The number of nitrogens with one attached hydrogen (secondary N) is 1. The Labute approximate surface area is 103 Å². The molecule has 1 rings (SSSR count). The predicted octanol–water partition coefficient (Wildman–Crippen LogP) is 0.979. The molecule has 0 aromatic heterocycles. The number of carboxylic acids is 2. The Morgan fingerprint density at radius 1 is 1.11 bits per heavy atom. The normalized spacial score (nSPS) is 9.78. The molecule has 0 saturated carbocycles. The van der Waals surface area contributed by atoms with E-state index >= 15 is 0 Å². The van der Waals surface area contributed by atoms with Crippen molar-refractivity contribution >= 4 is 17.8 Å². The van der Waals surface area contributed by atoms with Gasteiger partial charge in [-0.1, -0.05) is 6.07 Å². The molecule has 0 atom stereocenters. The van der Waals surface area contributed by atoms with Crippen molar-refractivity contribution in [2.24, 2.45) is 0 Å². The second-order valence-electron chi connectivity index (χ2n) is 3.64. The molecular weight excluding hydrogens is 238 g/mol. The van der Waals surface area contributed by atoms with Crippen LogP contribution in [-0.2, 0) is 4.79 Å². The van der Waals surface area contributed by atoms with Crippen LogP contribution in [0.3, 0.4) is 0 Å². The number of amides is 1. The van der Waals surface area contributed by atoms with Gasteiger partial charge in [0.1, 0.15) is 0 Å². The number of aliphatic carboxylic acids is 1. The standard InChI is InChI=1S/C12H13NO5/c14-10(15)5-2-6-13-11(16)8-3-1-4-9(7-8)12(17)18/h1,3-4,7H,2,5-6H2,(H,13,16)(H,14,15)(H,17,18). The van der Waals surface area contributed by atoms with Gasteiger partial charge < -0.3 is 15.5 Å². The third-order valence-electron chi connectivity index (χ3n) is 2.22. The van der Waals surface area contributed by atoms with Gasteiger partial charge in [-0.3, -0.25) is 9.59 Å². The molecule has 0 saturated heterocycles. The maximum absolute atomic E-state index is 11.6. The highest BCUT2D eigenvalue weighted by molar-refractivity contribution is 5.97. The molecule has 0 heterocycles. The maximum atomic E-state index is 11.6. The molecule has 6 nitrogen and oxygen atoms in total. The minimum absolute atomic E-state index is 0.0184. The van der Waals surface area contributed by atoms with Gasteiger partial charge >= 0.3 is 11.9 Å². The molecule has 0 unspecified atom stereocenters. The van der Waals surface area contributed by atoms with Crippen LogP contribution >= 0.6 is 0 Å². The molecular formula is C12H13NO5. The average molecular weight is 251 g/mol. The Morgan fingerprint density at radius 3 is 2.39 bits per heavy atom. The Hall–Kier alpha value is -2.37. The molecule has 1 amide bonds. The Kier molecular flexibility index (Phi) is 4.86. The van der Waals surface area contributed by atoms with E-state index in [1.807, 2.05) is 0 Å². The molecule has 0 aliphatic heterocycles. The van der Waals surface area contributed by atoms with E-state index in [4.69, 9.17) is 10.2 Å². The lowest BCUT2D eigenvalue weighted by Crippen LogP contribution is -2.25. The van der Waals surface area contributed by atoms with Gasteiger partial charge in [0.25, 0.3) is 5.91 Å². The summed E-state index contributed by atoms with van der Waals surface area (Å²) in [5.74, 6) is -2.43. The van der Waals surface area contributed by atoms with Crippen LogP contribution in [0.2, 0.25) is 0 Å².